The highest BCUT2D eigenvalue weighted by molar-refractivity contribution is 4.80. The summed E-state index contributed by atoms with van der Waals surface area (Å²) in [5.74, 6) is 0.858. The molecule has 0 heterocycles. The van der Waals surface area contributed by atoms with Crippen LogP contribution in [0.4, 0.5) is 0 Å². The van der Waals surface area contributed by atoms with Gasteiger partial charge < -0.3 is 10.1 Å². The lowest BCUT2D eigenvalue weighted by atomic mass is 9.82. The van der Waals surface area contributed by atoms with Crippen LogP contribution in [-0.4, -0.2) is 25.8 Å². The largest absolute Gasteiger partial charge is 0.382 e. The maximum absolute atomic E-state index is 5.46. The predicted molar refractivity (Wildman–Crippen MR) is 65.1 cm³/mol. The standard InChI is InChI=1S/C13H27NO/c1-3-10-14-13-8-6-5-7-12(13)9-11-15-4-2/h12-14H,3-11H2,1-2H3. The number of hydrogen-bond acceptors (Lipinski definition) is 2. The van der Waals surface area contributed by atoms with Crippen LogP contribution in [0.1, 0.15) is 52.4 Å². The van der Waals surface area contributed by atoms with Crippen molar-refractivity contribution in [3.05, 3.63) is 0 Å². The fourth-order valence-electron chi connectivity index (χ4n) is 2.53. The third-order valence-electron chi connectivity index (χ3n) is 3.40. The lowest BCUT2D eigenvalue weighted by molar-refractivity contribution is 0.115. The molecule has 0 radical (unpaired) electrons. The summed E-state index contributed by atoms with van der Waals surface area (Å²) in [5.41, 5.74) is 0. The Morgan fingerprint density at radius 1 is 1.20 bits per heavy atom. The van der Waals surface area contributed by atoms with Gasteiger partial charge in [0.25, 0.3) is 0 Å². The van der Waals surface area contributed by atoms with E-state index in [2.05, 4.69) is 19.2 Å². The van der Waals surface area contributed by atoms with E-state index >= 15 is 0 Å². The Labute approximate surface area is 94.8 Å². The third kappa shape index (κ3) is 4.98. The van der Waals surface area contributed by atoms with E-state index in [1.54, 1.807) is 0 Å². The van der Waals surface area contributed by atoms with E-state index in [-0.39, 0.29) is 0 Å². The SMILES string of the molecule is CCCNC1CCCCC1CCOCC. The van der Waals surface area contributed by atoms with Gasteiger partial charge in [0.1, 0.15) is 0 Å². The molecule has 2 nitrogen and oxygen atoms in total. The van der Waals surface area contributed by atoms with Gasteiger partial charge in [-0.2, -0.15) is 0 Å². The first-order valence-electron chi connectivity index (χ1n) is 6.69. The Balaban J connectivity index is 2.22. The van der Waals surface area contributed by atoms with Gasteiger partial charge in [0.2, 0.25) is 0 Å². The molecule has 0 aromatic heterocycles. The zero-order valence-corrected chi connectivity index (χ0v) is 10.4. The van der Waals surface area contributed by atoms with E-state index in [9.17, 15) is 0 Å². The molecule has 15 heavy (non-hydrogen) atoms. The van der Waals surface area contributed by atoms with E-state index in [1.807, 2.05) is 0 Å². The summed E-state index contributed by atoms with van der Waals surface area (Å²) in [6.07, 6.45) is 8.09. The van der Waals surface area contributed by atoms with Crippen molar-refractivity contribution in [2.24, 2.45) is 5.92 Å². The summed E-state index contributed by atoms with van der Waals surface area (Å²) in [6.45, 7) is 7.31. The summed E-state index contributed by atoms with van der Waals surface area (Å²) in [6, 6.07) is 0.763. The normalized spacial score (nSPS) is 26.8. The summed E-state index contributed by atoms with van der Waals surface area (Å²) in [4.78, 5) is 0. The lowest BCUT2D eigenvalue weighted by Crippen LogP contribution is -2.39. The van der Waals surface area contributed by atoms with Gasteiger partial charge in [-0.1, -0.05) is 19.8 Å². The maximum Gasteiger partial charge on any atom is 0.0469 e. The summed E-state index contributed by atoms with van der Waals surface area (Å²) < 4.78 is 5.46. The van der Waals surface area contributed by atoms with Crippen molar-refractivity contribution in [1.82, 2.24) is 5.32 Å². The van der Waals surface area contributed by atoms with Crippen LogP contribution in [0.3, 0.4) is 0 Å². The van der Waals surface area contributed by atoms with Gasteiger partial charge in [0.05, 0.1) is 0 Å². The average molecular weight is 213 g/mol. The highest BCUT2D eigenvalue weighted by Crippen LogP contribution is 2.27. The number of hydrogen-bond donors (Lipinski definition) is 1. The van der Waals surface area contributed by atoms with E-state index in [1.165, 1.54) is 45.1 Å². The second kappa shape index (κ2) is 8.12. The second-order valence-corrected chi connectivity index (χ2v) is 4.59. The first kappa shape index (κ1) is 13.0. The Kier molecular flexibility index (Phi) is 7.03. The van der Waals surface area contributed by atoms with Crippen molar-refractivity contribution in [1.29, 1.82) is 0 Å². The number of ether oxygens (including phenoxy) is 1. The van der Waals surface area contributed by atoms with Crippen molar-refractivity contribution in [3.8, 4) is 0 Å². The van der Waals surface area contributed by atoms with Gasteiger partial charge >= 0.3 is 0 Å². The van der Waals surface area contributed by atoms with E-state index in [0.717, 1.165) is 25.2 Å². The zero-order chi connectivity index (χ0) is 10.9. The monoisotopic (exact) mass is 213 g/mol. The topological polar surface area (TPSA) is 21.3 Å². The van der Waals surface area contributed by atoms with Crippen LogP contribution in [0.2, 0.25) is 0 Å². The van der Waals surface area contributed by atoms with Gasteiger partial charge in [-0.25, -0.2) is 0 Å². The molecule has 2 heteroatoms. The van der Waals surface area contributed by atoms with Crippen LogP contribution in [0.25, 0.3) is 0 Å². The first-order chi connectivity index (χ1) is 7.38. The number of nitrogens with one attached hydrogen (secondary N) is 1. The van der Waals surface area contributed by atoms with Crippen molar-refractivity contribution in [2.45, 2.75) is 58.4 Å². The van der Waals surface area contributed by atoms with Crippen LogP contribution in [-0.2, 0) is 4.74 Å². The van der Waals surface area contributed by atoms with Gasteiger partial charge in [0, 0.05) is 19.3 Å². The first-order valence-corrected chi connectivity index (χ1v) is 6.69. The molecule has 1 aliphatic rings. The molecular weight excluding hydrogens is 186 g/mol. The van der Waals surface area contributed by atoms with Crippen LogP contribution in [0, 0.1) is 5.92 Å². The molecule has 0 amide bonds. The third-order valence-corrected chi connectivity index (χ3v) is 3.40. The molecular formula is C13H27NO. The molecule has 0 aliphatic heterocycles. The second-order valence-electron chi connectivity index (χ2n) is 4.59. The smallest absolute Gasteiger partial charge is 0.0469 e. The minimum Gasteiger partial charge on any atom is -0.382 e. The van der Waals surface area contributed by atoms with E-state index in [0.29, 0.717) is 0 Å². The molecule has 1 N–H and O–H groups in total. The van der Waals surface area contributed by atoms with E-state index < -0.39 is 0 Å². The lowest BCUT2D eigenvalue weighted by Gasteiger charge is -2.32. The molecule has 0 saturated heterocycles. The van der Waals surface area contributed by atoms with Crippen molar-refractivity contribution in [2.75, 3.05) is 19.8 Å². The van der Waals surface area contributed by atoms with Gasteiger partial charge in [-0.15, -0.1) is 0 Å². The van der Waals surface area contributed by atoms with Gasteiger partial charge in [0.15, 0.2) is 0 Å². The Morgan fingerprint density at radius 3 is 2.73 bits per heavy atom. The average Bonchev–Trinajstić information content (AvgIpc) is 2.28. The highest BCUT2D eigenvalue weighted by atomic mass is 16.5. The zero-order valence-electron chi connectivity index (χ0n) is 10.4. The highest BCUT2D eigenvalue weighted by Gasteiger charge is 2.23. The quantitative estimate of drug-likeness (QED) is 0.656. The molecule has 1 aliphatic carbocycles. The Bertz CT molecular complexity index is 149. The summed E-state index contributed by atoms with van der Waals surface area (Å²) >= 11 is 0. The van der Waals surface area contributed by atoms with Crippen LogP contribution in [0.15, 0.2) is 0 Å². The van der Waals surface area contributed by atoms with E-state index in [4.69, 9.17) is 4.74 Å². The number of rotatable bonds is 7. The minimum atomic E-state index is 0.763. The summed E-state index contributed by atoms with van der Waals surface area (Å²) in [5, 5.41) is 3.69. The van der Waals surface area contributed by atoms with Gasteiger partial charge in [-0.05, 0) is 45.1 Å². The molecule has 0 aromatic rings. The predicted octanol–water partition coefficient (Wildman–Crippen LogP) is 2.97. The fraction of sp³-hybridized carbons (Fsp3) is 1.00. The summed E-state index contributed by atoms with van der Waals surface area (Å²) in [7, 11) is 0. The van der Waals surface area contributed by atoms with Crippen LogP contribution >= 0.6 is 0 Å². The maximum atomic E-state index is 5.46. The molecule has 2 atom stereocenters. The van der Waals surface area contributed by atoms with Crippen LogP contribution in [0.5, 0.6) is 0 Å². The molecule has 1 fully saturated rings. The van der Waals surface area contributed by atoms with Crippen molar-refractivity contribution < 1.29 is 4.74 Å². The minimum absolute atomic E-state index is 0.763. The fourth-order valence-corrected chi connectivity index (χ4v) is 2.53. The molecule has 1 saturated carbocycles. The Morgan fingerprint density at radius 2 is 2.00 bits per heavy atom. The van der Waals surface area contributed by atoms with Crippen molar-refractivity contribution in [3.63, 3.8) is 0 Å². The molecule has 90 valence electrons. The van der Waals surface area contributed by atoms with Crippen LogP contribution < -0.4 is 5.32 Å². The molecule has 1 rings (SSSR count). The Hall–Kier alpha value is -0.0800. The van der Waals surface area contributed by atoms with Gasteiger partial charge in [-0.3, -0.25) is 0 Å². The molecule has 0 spiro atoms. The molecule has 0 aromatic carbocycles. The van der Waals surface area contributed by atoms with Crippen molar-refractivity contribution >= 4 is 0 Å². The molecule has 2 unspecified atom stereocenters. The molecule has 0 bridgehead atoms.